The maximum atomic E-state index is 15.1. The van der Waals surface area contributed by atoms with Crippen molar-refractivity contribution in [1.29, 1.82) is 0 Å². The van der Waals surface area contributed by atoms with Crippen molar-refractivity contribution in [2.45, 2.75) is 129 Å². The van der Waals surface area contributed by atoms with Gasteiger partial charge in [-0.05, 0) is 57.1 Å². The van der Waals surface area contributed by atoms with Gasteiger partial charge in [0.15, 0.2) is 0 Å². The first-order valence-electron chi connectivity index (χ1n) is 20.9. The van der Waals surface area contributed by atoms with Gasteiger partial charge in [0.2, 0.25) is 29.4 Å². The SMILES string of the molecule is CCCC(NC(=O)[C@@H]1CC2(CN1C(=O)[C@@H](NC(=O)[C@@H](NC(=O)c1cnccn1)C1CCCCC1)C(C)(C)C)N(C)CC(=O)N2CC)C(=O)C(=O)N[C@@H](C)c1ccccc1. The van der Waals surface area contributed by atoms with Crippen LogP contribution in [0.2, 0.25) is 0 Å². The van der Waals surface area contributed by atoms with Crippen LogP contribution in [-0.2, 0) is 28.8 Å². The van der Waals surface area contributed by atoms with E-state index in [1.807, 2.05) is 49.1 Å². The molecule has 6 amide bonds. The number of nitrogens with one attached hydrogen (secondary N) is 4. The molecule has 1 saturated carbocycles. The monoisotopic (exact) mass is 815 g/mol. The second kappa shape index (κ2) is 19.2. The summed E-state index contributed by atoms with van der Waals surface area (Å²) in [6.45, 7) is 11.2. The van der Waals surface area contributed by atoms with Crippen molar-refractivity contribution in [2.75, 3.05) is 26.7 Å². The molecule has 5 rings (SSSR count). The molecule has 6 atom stereocenters. The highest BCUT2D eigenvalue weighted by atomic mass is 16.2. The van der Waals surface area contributed by atoms with Crippen LogP contribution in [0.1, 0.15) is 115 Å². The Hall–Kier alpha value is -5.25. The summed E-state index contributed by atoms with van der Waals surface area (Å²) < 4.78 is 0. The van der Waals surface area contributed by atoms with E-state index in [1.165, 1.54) is 23.5 Å². The van der Waals surface area contributed by atoms with Crippen LogP contribution >= 0.6 is 0 Å². The molecule has 3 fully saturated rings. The number of nitrogens with zero attached hydrogens (tertiary/aromatic N) is 5. The zero-order valence-electron chi connectivity index (χ0n) is 35.5. The quantitative estimate of drug-likeness (QED) is 0.194. The summed E-state index contributed by atoms with van der Waals surface area (Å²) in [5.74, 6) is -4.30. The van der Waals surface area contributed by atoms with Crippen LogP contribution in [0.15, 0.2) is 48.9 Å². The molecule has 1 aliphatic carbocycles. The van der Waals surface area contributed by atoms with Crippen molar-refractivity contribution < 1.29 is 33.6 Å². The molecular weight excluding hydrogens is 755 g/mol. The Morgan fingerprint density at radius 2 is 1.63 bits per heavy atom. The lowest BCUT2D eigenvalue weighted by Gasteiger charge is -2.40. The zero-order chi connectivity index (χ0) is 43.1. The highest BCUT2D eigenvalue weighted by Crippen LogP contribution is 2.40. The van der Waals surface area contributed by atoms with E-state index in [2.05, 4.69) is 31.2 Å². The molecule has 59 heavy (non-hydrogen) atoms. The first-order chi connectivity index (χ1) is 28.0. The maximum Gasteiger partial charge on any atom is 0.290 e. The summed E-state index contributed by atoms with van der Waals surface area (Å²) in [7, 11) is 1.77. The predicted octanol–water partition coefficient (Wildman–Crippen LogP) is 2.51. The number of likely N-dealkylation sites (tertiary alicyclic amines) is 1. The first-order valence-corrected chi connectivity index (χ1v) is 20.9. The molecule has 1 aromatic carbocycles. The zero-order valence-corrected chi connectivity index (χ0v) is 35.5. The molecule has 16 heteroatoms. The summed E-state index contributed by atoms with van der Waals surface area (Å²) >= 11 is 0. The third-order valence-electron chi connectivity index (χ3n) is 12.1. The van der Waals surface area contributed by atoms with Gasteiger partial charge in [0.05, 0.1) is 31.4 Å². The molecule has 4 N–H and O–H groups in total. The lowest BCUT2D eigenvalue weighted by molar-refractivity contribution is -0.145. The topological polar surface area (TPSA) is 203 Å². The molecule has 2 saturated heterocycles. The van der Waals surface area contributed by atoms with Gasteiger partial charge < -0.3 is 31.1 Å². The molecule has 1 spiro atoms. The molecule has 16 nitrogen and oxygen atoms in total. The Morgan fingerprint density at radius 1 is 0.932 bits per heavy atom. The van der Waals surface area contributed by atoms with Crippen LogP contribution in [0.3, 0.4) is 0 Å². The summed E-state index contributed by atoms with van der Waals surface area (Å²) in [5.41, 5.74) is -1.06. The van der Waals surface area contributed by atoms with E-state index < -0.39 is 76.6 Å². The van der Waals surface area contributed by atoms with Crippen LogP contribution in [0.25, 0.3) is 0 Å². The van der Waals surface area contributed by atoms with Crippen LogP contribution in [0, 0.1) is 11.3 Å². The van der Waals surface area contributed by atoms with Crippen molar-refractivity contribution in [3.05, 3.63) is 60.2 Å². The minimum atomic E-state index is -1.18. The van der Waals surface area contributed by atoms with Gasteiger partial charge in [0.1, 0.15) is 29.5 Å². The summed E-state index contributed by atoms with van der Waals surface area (Å²) in [4.78, 5) is 111. The molecule has 1 aromatic heterocycles. The van der Waals surface area contributed by atoms with Crippen molar-refractivity contribution in [1.82, 2.24) is 45.9 Å². The molecular formula is C43H61N9O7. The van der Waals surface area contributed by atoms with Crippen molar-refractivity contribution in [3.8, 4) is 0 Å². The van der Waals surface area contributed by atoms with Crippen molar-refractivity contribution >= 4 is 41.2 Å². The second-order valence-electron chi connectivity index (χ2n) is 17.2. The maximum absolute atomic E-state index is 15.1. The van der Waals surface area contributed by atoms with Gasteiger partial charge in [-0.2, -0.15) is 0 Å². The Bertz CT molecular complexity index is 1850. The summed E-state index contributed by atoms with van der Waals surface area (Å²) in [6.07, 6.45) is 9.05. The molecule has 2 unspecified atom stereocenters. The molecule has 3 heterocycles. The molecule has 3 aliphatic rings. The van der Waals surface area contributed by atoms with Crippen molar-refractivity contribution in [2.24, 2.45) is 11.3 Å². The van der Waals surface area contributed by atoms with E-state index in [0.717, 1.165) is 24.8 Å². The number of hydrogen-bond donors (Lipinski definition) is 4. The standard InChI is InChI=1S/C43H61N9O7/c1-8-16-30(35(54)40(58)46-27(3)28-17-12-10-13-18-28)47-38(56)32-23-43(50(7)25-33(53)52(43)9-2)26-51(32)41(59)36(42(4,5)6)49-39(57)34(29-19-14-11-15-20-29)48-37(55)31-24-44-21-22-45-31/h10,12-13,17-18,21-22,24,27,29-30,32,34,36H,8-9,11,14-16,19-20,23,25-26H2,1-7H3,(H,46,58)(H,47,56)(H,48,55)(H,49,57)/t27-,30?,32-,34-,36+,43?/m0/s1. The average molecular weight is 816 g/mol. The summed E-state index contributed by atoms with van der Waals surface area (Å²) in [6, 6.07) is 4.24. The van der Waals surface area contributed by atoms with Crippen LogP contribution in [0.5, 0.6) is 0 Å². The lowest BCUT2D eigenvalue weighted by atomic mass is 9.82. The number of carbonyl (C=O) groups is 7. The van der Waals surface area contributed by atoms with Gasteiger partial charge in [-0.25, -0.2) is 4.98 Å². The fraction of sp³-hybridized carbons (Fsp3) is 0.605. The van der Waals surface area contributed by atoms with Gasteiger partial charge in [-0.3, -0.25) is 43.4 Å². The van der Waals surface area contributed by atoms with E-state index in [9.17, 15) is 28.8 Å². The normalized spacial score (nSPS) is 22.0. The fourth-order valence-corrected chi connectivity index (χ4v) is 8.77. The minimum absolute atomic E-state index is 0.0363. The number of benzene rings is 1. The lowest BCUT2D eigenvalue weighted by Crippen LogP contribution is -2.62. The third-order valence-corrected chi connectivity index (χ3v) is 12.1. The molecule has 2 aromatic rings. The average Bonchev–Trinajstić information content (AvgIpc) is 3.74. The smallest absolute Gasteiger partial charge is 0.290 e. The molecule has 0 bridgehead atoms. The van der Waals surface area contributed by atoms with Gasteiger partial charge in [0, 0.05) is 25.4 Å². The highest BCUT2D eigenvalue weighted by Gasteiger charge is 2.59. The Balaban J connectivity index is 1.43. The number of aromatic nitrogens is 2. The number of likely N-dealkylation sites (N-methyl/N-ethyl adjacent to an activating group) is 2. The molecule has 0 radical (unpaired) electrons. The first kappa shape index (κ1) is 44.8. The Labute approximate surface area is 347 Å². The summed E-state index contributed by atoms with van der Waals surface area (Å²) in [5, 5.41) is 11.4. The number of rotatable bonds is 15. The van der Waals surface area contributed by atoms with Crippen molar-refractivity contribution in [3.63, 3.8) is 0 Å². The number of carbonyl (C=O) groups excluding carboxylic acids is 7. The molecule has 320 valence electrons. The highest BCUT2D eigenvalue weighted by molar-refractivity contribution is 6.38. The molecule has 2 aliphatic heterocycles. The second-order valence-corrected chi connectivity index (χ2v) is 17.2. The van der Waals surface area contributed by atoms with E-state index in [1.54, 1.807) is 39.6 Å². The van der Waals surface area contributed by atoms with Gasteiger partial charge in [-0.1, -0.05) is 83.7 Å². The number of hydrogen-bond acceptors (Lipinski definition) is 10. The van der Waals surface area contributed by atoms with Crippen LogP contribution < -0.4 is 21.3 Å². The minimum Gasteiger partial charge on any atom is -0.344 e. The van der Waals surface area contributed by atoms with E-state index in [-0.39, 0.29) is 43.5 Å². The fourth-order valence-electron chi connectivity index (χ4n) is 8.77. The van der Waals surface area contributed by atoms with Gasteiger partial charge >= 0.3 is 0 Å². The number of Topliss-reactive ketones (excluding diaryl/α,β-unsaturated/α-hetero) is 1. The Kier molecular flexibility index (Phi) is 14.6. The van der Waals surface area contributed by atoms with E-state index >= 15 is 4.79 Å². The van der Waals surface area contributed by atoms with E-state index in [4.69, 9.17) is 0 Å². The van der Waals surface area contributed by atoms with Gasteiger partial charge in [0.25, 0.3) is 11.8 Å². The third kappa shape index (κ3) is 10.1. The Morgan fingerprint density at radius 3 is 2.24 bits per heavy atom. The van der Waals surface area contributed by atoms with Crippen LogP contribution in [0.4, 0.5) is 0 Å². The van der Waals surface area contributed by atoms with Gasteiger partial charge in [-0.15, -0.1) is 0 Å². The van der Waals surface area contributed by atoms with Crippen LogP contribution in [-0.4, -0.2) is 122 Å². The number of ketones is 1. The van der Waals surface area contributed by atoms with E-state index in [0.29, 0.717) is 25.8 Å². The largest absolute Gasteiger partial charge is 0.344 e. The number of amides is 6. The predicted molar refractivity (Wildman–Crippen MR) is 219 cm³/mol.